The summed E-state index contributed by atoms with van der Waals surface area (Å²) in [7, 11) is -4.21. The van der Waals surface area contributed by atoms with Crippen LogP contribution >= 0.6 is 11.6 Å². The third-order valence-electron chi connectivity index (χ3n) is 3.31. The molecular formula is C15H14ClN3O3S. The maximum Gasteiger partial charge on any atom is 0.262 e. The van der Waals surface area contributed by atoms with Crippen molar-refractivity contribution in [3.05, 3.63) is 52.9 Å². The van der Waals surface area contributed by atoms with Gasteiger partial charge in [-0.3, -0.25) is 9.69 Å². The number of carbonyl (C=O) groups excluding carboxylic acids is 1. The van der Waals surface area contributed by atoms with Crippen LogP contribution in [0.2, 0.25) is 5.02 Å². The van der Waals surface area contributed by atoms with Crippen LogP contribution < -0.4 is 15.4 Å². The number of fused-ring (bicyclic) bond motifs is 1. The second-order valence-electron chi connectivity index (χ2n) is 4.84. The molecule has 0 saturated carbocycles. The van der Waals surface area contributed by atoms with Gasteiger partial charge in [-0.15, -0.1) is 0 Å². The van der Waals surface area contributed by atoms with Crippen LogP contribution in [0.5, 0.6) is 0 Å². The lowest BCUT2D eigenvalue weighted by molar-refractivity contribution is 0.0977. The van der Waals surface area contributed by atoms with Gasteiger partial charge in [0.2, 0.25) is 10.0 Å². The Morgan fingerprint density at radius 2 is 1.96 bits per heavy atom. The highest BCUT2D eigenvalue weighted by Crippen LogP contribution is 2.34. The molecule has 120 valence electrons. The van der Waals surface area contributed by atoms with Crippen molar-refractivity contribution in [2.24, 2.45) is 5.14 Å². The highest BCUT2D eigenvalue weighted by molar-refractivity contribution is 7.89. The summed E-state index contributed by atoms with van der Waals surface area (Å²) in [5, 5.41) is 7.87. The van der Waals surface area contributed by atoms with Crippen molar-refractivity contribution in [2.45, 2.75) is 18.0 Å². The van der Waals surface area contributed by atoms with E-state index in [0.717, 1.165) is 11.0 Å². The van der Waals surface area contributed by atoms with Crippen LogP contribution in [-0.4, -0.2) is 20.5 Å². The van der Waals surface area contributed by atoms with Crippen molar-refractivity contribution in [1.82, 2.24) is 0 Å². The number of benzene rings is 2. The monoisotopic (exact) mass is 356 g/mol. The number of anilines is 2. The van der Waals surface area contributed by atoms with E-state index in [9.17, 15) is 13.2 Å². The Kier molecular flexibility index (Phi) is 2.55. The first-order chi connectivity index (χ1) is 12.9. The Bertz CT molecular complexity index is 1110. The molecule has 0 aliphatic carbocycles. The number of para-hydroxylation sites is 1. The van der Waals surface area contributed by atoms with Crippen LogP contribution in [0.4, 0.5) is 11.4 Å². The summed E-state index contributed by atoms with van der Waals surface area (Å²) in [6.45, 7) is 1.54. The van der Waals surface area contributed by atoms with E-state index in [2.05, 4.69) is 5.32 Å². The minimum Gasteiger partial charge on any atom is -0.364 e. The molecule has 0 fully saturated rings. The molecular weight excluding hydrogens is 338 g/mol. The number of hydrogen-bond acceptors (Lipinski definition) is 4. The topological polar surface area (TPSA) is 92.5 Å². The summed E-state index contributed by atoms with van der Waals surface area (Å²) in [4.78, 5) is 13.6. The summed E-state index contributed by atoms with van der Waals surface area (Å²) < 4.78 is 62.9. The Morgan fingerprint density at radius 3 is 2.57 bits per heavy atom. The van der Waals surface area contributed by atoms with Crippen LogP contribution in [0, 0.1) is 0 Å². The average molecular weight is 357 g/mol. The molecule has 1 atom stereocenters. The maximum atomic E-state index is 13.1. The smallest absolute Gasteiger partial charge is 0.262 e. The third-order valence-corrected chi connectivity index (χ3v) is 4.68. The fourth-order valence-electron chi connectivity index (χ4n) is 2.32. The normalized spacial score (nSPS) is 20.7. The lowest BCUT2D eigenvalue weighted by atomic mass is 10.1. The van der Waals surface area contributed by atoms with E-state index < -0.39 is 57.2 Å². The molecule has 23 heavy (non-hydrogen) atoms. The summed E-state index contributed by atoms with van der Waals surface area (Å²) in [5.74, 6) is -0.763. The number of sulfonamides is 1. The number of primary sulfonamides is 1. The van der Waals surface area contributed by atoms with Crippen LogP contribution in [0.1, 0.15) is 24.1 Å². The fraction of sp³-hybridized carbons (Fsp3) is 0.133. The predicted molar refractivity (Wildman–Crippen MR) is 89.2 cm³/mol. The van der Waals surface area contributed by atoms with Crippen molar-refractivity contribution >= 4 is 38.9 Å². The van der Waals surface area contributed by atoms with Crippen molar-refractivity contribution < 1.29 is 20.1 Å². The zero-order chi connectivity index (χ0) is 21.1. The van der Waals surface area contributed by atoms with E-state index in [4.69, 9.17) is 23.6 Å². The molecule has 1 unspecified atom stereocenters. The molecule has 1 amide bonds. The Labute approximate surface area is 145 Å². The number of amides is 1. The van der Waals surface area contributed by atoms with Gasteiger partial charge < -0.3 is 5.32 Å². The Hall–Kier alpha value is -2.09. The molecule has 1 aliphatic heterocycles. The Morgan fingerprint density at radius 1 is 1.30 bits per heavy atom. The number of nitrogens with zero attached hydrogens (tertiary/aromatic N) is 1. The van der Waals surface area contributed by atoms with E-state index in [1.165, 1.54) is 6.07 Å². The minimum absolute atomic E-state index is 0.113. The van der Waals surface area contributed by atoms with E-state index in [-0.39, 0.29) is 22.0 Å². The second kappa shape index (κ2) is 5.52. The van der Waals surface area contributed by atoms with Crippen LogP contribution in [-0.2, 0) is 10.0 Å². The minimum atomic E-state index is -4.21. The number of carbonyl (C=O) groups is 1. The molecule has 1 aliphatic rings. The fourth-order valence-corrected chi connectivity index (χ4v) is 3.42. The molecule has 3 rings (SSSR count). The van der Waals surface area contributed by atoms with Gasteiger partial charge in [-0.2, -0.15) is 0 Å². The second-order valence-corrected chi connectivity index (χ2v) is 6.78. The summed E-state index contributed by atoms with van der Waals surface area (Å²) in [6, 6.07) is -0.658. The first-order valence-corrected chi connectivity index (χ1v) is 8.32. The molecule has 8 heteroatoms. The maximum absolute atomic E-state index is 13.1. The first kappa shape index (κ1) is 10.6. The molecule has 0 spiro atoms. The largest absolute Gasteiger partial charge is 0.364 e. The van der Waals surface area contributed by atoms with Gasteiger partial charge >= 0.3 is 0 Å². The van der Waals surface area contributed by atoms with Gasteiger partial charge in [-0.25, -0.2) is 13.6 Å². The molecule has 2 aromatic rings. The highest BCUT2D eigenvalue weighted by atomic mass is 35.5. The molecule has 6 nitrogen and oxygen atoms in total. The number of rotatable bonds is 2. The lowest BCUT2D eigenvalue weighted by Gasteiger charge is -2.36. The molecule has 0 saturated heterocycles. The summed E-state index contributed by atoms with van der Waals surface area (Å²) >= 11 is 5.95. The van der Waals surface area contributed by atoms with Gasteiger partial charge in [0.05, 0.1) is 23.1 Å². The van der Waals surface area contributed by atoms with Gasteiger partial charge in [0.1, 0.15) is 11.1 Å². The number of hydrogen-bond donors (Lipinski definition) is 2. The van der Waals surface area contributed by atoms with Gasteiger partial charge in [-0.05, 0) is 31.1 Å². The molecule has 2 aromatic carbocycles. The van der Waals surface area contributed by atoms with E-state index >= 15 is 0 Å². The van der Waals surface area contributed by atoms with E-state index in [1.54, 1.807) is 6.92 Å². The zero-order valence-electron chi connectivity index (χ0n) is 16.8. The van der Waals surface area contributed by atoms with Crippen molar-refractivity contribution in [3.63, 3.8) is 0 Å². The highest BCUT2D eigenvalue weighted by Gasteiger charge is 2.32. The van der Waals surface area contributed by atoms with Crippen LogP contribution in [0.15, 0.2) is 47.2 Å². The summed E-state index contributed by atoms with van der Waals surface area (Å²) in [5.41, 5.74) is -0.203. The Balaban J connectivity index is 2.26. The molecule has 0 bridgehead atoms. The van der Waals surface area contributed by atoms with Crippen molar-refractivity contribution in [1.29, 1.82) is 0 Å². The van der Waals surface area contributed by atoms with Gasteiger partial charge in [0.15, 0.2) is 0 Å². The molecule has 1 heterocycles. The summed E-state index contributed by atoms with van der Waals surface area (Å²) in [6.07, 6.45) is -0.806. The quantitative estimate of drug-likeness (QED) is 0.864. The van der Waals surface area contributed by atoms with Crippen LogP contribution in [0.3, 0.4) is 0 Å². The first-order valence-electron chi connectivity index (χ1n) is 8.89. The molecule has 3 N–H and O–H groups in total. The van der Waals surface area contributed by atoms with E-state index in [1.807, 2.05) is 0 Å². The van der Waals surface area contributed by atoms with Gasteiger partial charge in [0.25, 0.3) is 5.91 Å². The lowest BCUT2D eigenvalue weighted by Crippen LogP contribution is -2.47. The number of nitrogens with one attached hydrogen (secondary N) is 1. The number of halogens is 1. The number of nitrogens with two attached hydrogens (primary N) is 1. The standard InChI is InChI=1S/C15H14ClN3O3S/c1-9-18-13-8-12(16)14(23(17,21)22)7-11(13)15(20)19(9)10-5-3-2-4-6-10/h2-9,18H,1H3,(H2,17,21,22)/i2D,3D,4D,5D,6D. The van der Waals surface area contributed by atoms with Crippen molar-refractivity contribution in [3.8, 4) is 0 Å². The molecule has 0 radical (unpaired) electrons. The predicted octanol–water partition coefficient (Wildman–Crippen LogP) is 2.41. The molecule has 0 aromatic heterocycles. The third kappa shape index (κ3) is 2.78. The van der Waals surface area contributed by atoms with Gasteiger partial charge in [0, 0.05) is 5.69 Å². The van der Waals surface area contributed by atoms with Gasteiger partial charge in [-0.1, -0.05) is 29.7 Å². The van der Waals surface area contributed by atoms with Crippen molar-refractivity contribution in [2.75, 3.05) is 10.2 Å². The SMILES string of the molecule is [2H]c1c([2H])c([2H])c(N2C(=O)c3cc(S(N)(=O)=O)c(Cl)cc3NC2C)c([2H])c1[2H]. The average Bonchev–Trinajstić information content (AvgIpc) is 2.59. The van der Waals surface area contributed by atoms with Crippen LogP contribution in [0.25, 0.3) is 0 Å². The zero-order valence-corrected chi connectivity index (χ0v) is 13.3. The van der Waals surface area contributed by atoms with E-state index in [0.29, 0.717) is 0 Å².